The summed E-state index contributed by atoms with van der Waals surface area (Å²) in [5.74, 6) is -0.849. The summed E-state index contributed by atoms with van der Waals surface area (Å²) in [6.07, 6.45) is 33.5. The molecular weight excluding hydrogens is 617 g/mol. The van der Waals surface area contributed by atoms with Crippen LogP contribution in [0.1, 0.15) is 168 Å². The van der Waals surface area contributed by atoms with E-state index in [0.29, 0.717) is 6.42 Å². The number of hydrogen-bond acceptors (Lipinski definition) is 8. The first-order valence-electron chi connectivity index (χ1n) is 18.8. The minimum Gasteiger partial charge on any atom is -0.462 e. The van der Waals surface area contributed by atoms with Crippen LogP contribution in [-0.4, -0.2) is 49.3 Å². The zero-order chi connectivity index (χ0) is 34.7. The fourth-order valence-corrected chi connectivity index (χ4v) is 5.74. The van der Waals surface area contributed by atoms with E-state index in [1.807, 2.05) is 0 Å². The molecule has 0 radical (unpaired) electrons. The van der Waals surface area contributed by atoms with Gasteiger partial charge in [0.1, 0.15) is 6.61 Å². The Labute approximate surface area is 287 Å². The van der Waals surface area contributed by atoms with Crippen molar-refractivity contribution in [1.82, 2.24) is 0 Å². The van der Waals surface area contributed by atoms with Crippen LogP contribution in [0.3, 0.4) is 0 Å². The lowest BCUT2D eigenvalue weighted by Gasteiger charge is -2.19. The van der Waals surface area contributed by atoms with Crippen molar-refractivity contribution >= 4 is 19.8 Å². The number of phosphoric acid groups is 1. The Hall–Kier alpha value is -1.51. The van der Waals surface area contributed by atoms with Gasteiger partial charge in [0.25, 0.3) is 0 Å². The molecule has 0 saturated heterocycles. The Morgan fingerprint density at radius 3 is 1.51 bits per heavy atom. The van der Waals surface area contributed by atoms with Gasteiger partial charge in [-0.05, 0) is 64.2 Å². The number of esters is 2. The minimum atomic E-state index is -4.37. The van der Waals surface area contributed by atoms with Gasteiger partial charge in [-0.2, -0.15) is 0 Å². The monoisotopic (exact) mass is 687 g/mol. The van der Waals surface area contributed by atoms with E-state index in [1.165, 1.54) is 64.2 Å². The first-order valence-corrected chi connectivity index (χ1v) is 20.3. The number of phosphoric ester groups is 1. The lowest BCUT2D eigenvalue weighted by molar-refractivity contribution is -0.161. The highest BCUT2D eigenvalue weighted by Crippen LogP contribution is 2.43. The topological polar surface area (TPSA) is 134 Å². The fraction of sp³-hybridized carbons (Fsp3) is 0.838. The molecule has 0 aliphatic rings. The van der Waals surface area contributed by atoms with Crippen LogP contribution in [0.4, 0.5) is 0 Å². The molecule has 0 aromatic heterocycles. The van der Waals surface area contributed by atoms with Crippen molar-refractivity contribution in [3.05, 3.63) is 24.3 Å². The van der Waals surface area contributed by atoms with Gasteiger partial charge in [0.15, 0.2) is 6.10 Å². The van der Waals surface area contributed by atoms with Crippen LogP contribution in [0.5, 0.6) is 0 Å². The summed E-state index contributed by atoms with van der Waals surface area (Å²) in [4.78, 5) is 34.6. The molecule has 3 N–H and O–H groups in total. The van der Waals surface area contributed by atoms with Gasteiger partial charge in [0.2, 0.25) is 0 Å². The Balaban J connectivity index is 4.26. The number of allylic oxidation sites excluding steroid dienone is 4. The lowest BCUT2D eigenvalue weighted by Crippen LogP contribution is -2.29. The van der Waals surface area contributed by atoms with Gasteiger partial charge in [-0.15, -0.1) is 0 Å². The first-order chi connectivity index (χ1) is 22.8. The second-order valence-corrected chi connectivity index (χ2v) is 13.9. The van der Waals surface area contributed by atoms with Crippen LogP contribution in [0.25, 0.3) is 0 Å². The fourth-order valence-electron chi connectivity index (χ4n) is 4.97. The molecule has 0 spiro atoms. The molecule has 0 bridgehead atoms. The van der Waals surface area contributed by atoms with Crippen molar-refractivity contribution in [3.63, 3.8) is 0 Å². The highest BCUT2D eigenvalue weighted by Gasteiger charge is 2.25. The maximum Gasteiger partial charge on any atom is 0.472 e. The van der Waals surface area contributed by atoms with E-state index in [4.69, 9.17) is 24.3 Å². The number of rotatable bonds is 35. The molecule has 0 aliphatic heterocycles. The van der Waals surface area contributed by atoms with Gasteiger partial charge in [-0.1, -0.05) is 115 Å². The summed E-state index contributed by atoms with van der Waals surface area (Å²) in [5.41, 5.74) is 5.32. The average molecular weight is 688 g/mol. The van der Waals surface area contributed by atoms with Crippen LogP contribution in [0.15, 0.2) is 24.3 Å². The summed E-state index contributed by atoms with van der Waals surface area (Å²) in [6.45, 7) is 3.67. The third-order valence-electron chi connectivity index (χ3n) is 7.81. The van der Waals surface area contributed by atoms with Crippen LogP contribution in [0, 0.1) is 0 Å². The number of carbonyl (C=O) groups excluding carboxylic acids is 2. The highest BCUT2D eigenvalue weighted by molar-refractivity contribution is 7.47. The average Bonchev–Trinajstić information content (AvgIpc) is 3.05. The number of unbranched alkanes of at least 4 members (excludes halogenated alkanes) is 18. The molecule has 1 unspecified atom stereocenters. The normalized spacial score (nSPS) is 13.7. The van der Waals surface area contributed by atoms with Gasteiger partial charge in [-0.25, -0.2) is 4.57 Å². The highest BCUT2D eigenvalue weighted by atomic mass is 31.2. The molecule has 0 heterocycles. The van der Waals surface area contributed by atoms with E-state index in [2.05, 4.69) is 38.2 Å². The summed E-state index contributed by atoms with van der Waals surface area (Å²) < 4.78 is 32.6. The van der Waals surface area contributed by atoms with Crippen molar-refractivity contribution in [2.45, 2.75) is 174 Å². The smallest absolute Gasteiger partial charge is 0.462 e. The molecule has 47 heavy (non-hydrogen) atoms. The predicted molar refractivity (Wildman–Crippen MR) is 192 cm³/mol. The summed E-state index contributed by atoms with van der Waals surface area (Å²) in [6, 6.07) is 0. The van der Waals surface area contributed by atoms with Gasteiger partial charge < -0.3 is 20.1 Å². The third-order valence-corrected chi connectivity index (χ3v) is 8.79. The zero-order valence-electron chi connectivity index (χ0n) is 30.0. The molecule has 10 heteroatoms. The molecule has 0 aromatic carbocycles. The van der Waals surface area contributed by atoms with Crippen LogP contribution < -0.4 is 5.73 Å². The second kappa shape index (κ2) is 34.4. The van der Waals surface area contributed by atoms with Crippen molar-refractivity contribution < 1.29 is 37.6 Å². The van der Waals surface area contributed by atoms with Crippen molar-refractivity contribution in [1.29, 1.82) is 0 Å². The van der Waals surface area contributed by atoms with Crippen molar-refractivity contribution in [3.8, 4) is 0 Å². The van der Waals surface area contributed by atoms with E-state index in [9.17, 15) is 19.0 Å². The second-order valence-electron chi connectivity index (χ2n) is 12.4. The van der Waals surface area contributed by atoms with E-state index < -0.39 is 32.5 Å². The largest absolute Gasteiger partial charge is 0.472 e. The Kier molecular flexibility index (Phi) is 33.3. The molecule has 0 aromatic rings. The Bertz CT molecular complexity index is 835. The SMILES string of the molecule is CCCCCC/C=C/CCCCCCCC(=O)OC[C@H](COP(=O)(O)OCCN)OC(=O)CCCCCCC/C=C/CCCCCC. The summed E-state index contributed by atoms with van der Waals surface area (Å²) in [7, 11) is -4.37. The van der Waals surface area contributed by atoms with Gasteiger partial charge in [-0.3, -0.25) is 18.6 Å². The van der Waals surface area contributed by atoms with Crippen molar-refractivity contribution in [2.75, 3.05) is 26.4 Å². The van der Waals surface area contributed by atoms with Crippen LogP contribution >= 0.6 is 7.82 Å². The molecule has 0 rings (SSSR count). The summed E-state index contributed by atoms with van der Waals surface area (Å²) in [5, 5.41) is 0. The maximum absolute atomic E-state index is 12.5. The molecule has 0 saturated carbocycles. The number of hydrogen-bond donors (Lipinski definition) is 2. The van der Waals surface area contributed by atoms with Gasteiger partial charge in [0, 0.05) is 19.4 Å². The van der Waals surface area contributed by atoms with E-state index in [-0.39, 0.29) is 32.6 Å². The lowest BCUT2D eigenvalue weighted by atomic mass is 10.1. The van der Waals surface area contributed by atoms with Gasteiger partial charge >= 0.3 is 19.8 Å². The molecular formula is C37H70NO8P. The minimum absolute atomic E-state index is 0.0516. The molecule has 276 valence electrons. The first kappa shape index (κ1) is 45.5. The number of ether oxygens (including phenoxy) is 2. The zero-order valence-corrected chi connectivity index (χ0v) is 30.9. The quantitative estimate of drug-likeness (QED) is 0.0289. The van der Waals surface area contributed by atoms with E-state index >= 15 is 0 Å². The molecule has 0 fully saturated rings. The molecule has 2 atom stereocenters. The van der Waals surface area contributed by atoms with E-state index in [0.717, 1.165) is 70.6 Å². The summed E-state index contributed by atoms with van der Waals surface area (Å²) >= 11 is 0. The maximum atomic E-state index is 12.5. The van der Waals surface area contributed by atoms with Crippen LogP contribution in [-0.2, 0) is 32.7 Å². The Morgan fingerprint density at radius 2 is 1.04 bits per heavy atom. The van der Waals surface area contributed by atoms with Crippen molar-refractivity contribution in [2.24, 2.45) is 5.73 Å². The van der Waals surface area contributed by atoms with Gasteiger partial charge in [0.05, 0.1) is 13.2 Å². The number of carbonyl (C=O) groups is 2. The van der Waals surface area contributed by atoms with E-state index in [1.54, 1.807) is 0 Å². The molecule has 0 aliphatic carbocycles. The third kappa shape index (κ3) is 34.2. The predicted octanol–water partition coefficient (Wildman–Crippen LogP) is 10.0. The van der Waals surface area contributed by atoms with Crippen LogP contribution in [0.2, 0.25) is 0 Å². The molecule has 0 amide bonds. The molecule has 9 nitrogen and oxygen atoms in total. The Morgan fingerprint density at radius 1 is 0.617 bits per heavy atom. The number of nitrogens with two attached hydrogens (primary N) is 1. The standard InChI is InChI=1S/C37H70NO8P/c1-3-5-7-9-11-13-15-17-19-21-23-25-27-29-36(39)43-33-35(34-45-47(41,42)44-32-31-38)46-37(40)30-28-26-24-22-20-18-16-14-12-10-8-6-4-2/h13-16,35H,3-12,17-34,38H2,1-2H3,(H,41,42)/b15-13+,16-14+/t35-/m1/s1.